The zero-order chi connectivity index (χ0) is 17.8. The van der Waals surface area contributed by atoms with Crippen molar-refractivity contribution in [2.45, 2.75) is 38.4 Å². The van der Waals surface area contributed by atoms with Crippen molar-refractivity contribution < 1.29 is 14.3 Å². The number of carbonyl (C=O) groups is 2. The van der Waals surface area contributed by atoms with E-state index in [4.69, 9.17) is 4.74 Å². The minimum absolute atomic E-state index is 0.0248. The highest BCUT2D eigenvalue weighted by Gasteiger charge is 2.38. The van der Waals surface area contributed by atoms with Crippen molar-refractivity contribution >= 4 is 11.9 Å². The third kappa shape index (κ3) is 4.72. The van der Waals surface area contributed by atoms with E-state index in [-0.39, 0.29) is 24.1 Å². The van der Waals surface area contributed by atoms with Gasteiger partial charge in [0.05, 0.1) is 12.2 Å². The number of urea groups is 1. The van der Waals surface area contributed by atoms with Gasteiger partial charge in [0.1, 0.15) is 0 Å². The largest absolute Gasteiger partial charge is 0.371 e. The second-order valence-electron chi connectivity index (χ2n) is 6.99. The lowest BCUT2D eigenvalue weighted by Crippen LogP contribution is -2.53. The first kappa shape index (κ1) is 17.7. The Morgan fingerprint density at radius 1 is 1.28 bits per heavy atom. The van der Waals surface area contributed by atoms with E-state index < -0.39 is 0 Å². The van der Waals surface area contributed by atoms with Crippen LogP contribution in [0.25, 0.3) is 0 Å². The summed E-state index contributed by atoms with van der Waals surface area (Å²) in [7, 11) is 1.62. The average Bonchev–Trinajstić information content (AvgIpc) is 3.46. The Morgan fingerprint density at radius 2 is 2.08 bits per heavy atom. The van der Waals surface area contributed by atoms with E-state index >= 15 is 0 Å². The number of ether oxygens (including phenoxy) is 1. The maximum atomic E-state index is 12.4. The Hall–Kier alpha value is -2.08. The molecule has 1 aromatic carbocycles. The van der Waals surface area contributed by atoms with Gasteiger partial charge in [0, 0.05) is 32.2 Å². The predicted molar refractivity (Wildman–Crippen MR) is 95.6 cm³/mol. The minimum Gasteiger partial charge on any atom is -0.371 e. The molecule has 1 saturated carbocycles. The number of rotatable bonds is 5. The monoisotopic (exact) mass is 345 g/mol. The lowest BCUT2D eigenvalue weighted by atomic mass is 10.1. The second-order valence-corrected chi connectivity index (χ2v) is 6.99. The van der Waals surface area contributed by atoms with Crippen molar-refractivity contribution in [1.82, 2.24) is 15.5 Å². The third-order valence-corrected chi connectivity index (χ3v) is 4.83. The van der Waals surface area contributed by atoms with E-state index in [1.807, 2.05) is 30.0 Å². The summed E-state index contributed by atoms with van der Waals surface area (Å²) in [4.78, 5) is 26.0. The Balaban J connectivity index is 1.48. The van der Waals surface area contributed by atoms with Gasteiger partial charge in [0.25, 0.3) is 5.91 Å². The molecule has 2 atom stereocenters. The van der Waals surface area contributed by atoms with Gasteiger partial charge in [-0.3, -0.25) is 4.79 Å². The van der Waals surface area contributed by atoms with Gasteiger partial charge in [-0.05, 0) is 49.8 Å². The molecule has 6 heteroatoms. The maximum Gasteiger partial charge on any atom is 0.317 e. The highest BCUT2D eigenvalue weighted by Crippen LogP contribution is 2.36. The number of nitrogens with one attached hydrogen (secondary N) is 2. The molecule has 1 aromatic rings. The highest BCUT2D eigenvalue weighted by atomic mass is 16.5. The Labute approximate surface area is 148 Å². The summed E-state index contributed by atoms with van der Waals surface area (Å²) in [5.41, 5.74) is 1.67. The van der Waals surface area contributed by atoms with Crippen LogP contribution in [-0.4, -0.2) is 55.7 Å². The molecule has 136 valence electrons. The van der Waals surface area contributed by atoms with Crippen molar-refractivity contribution in [1.29, 1.82) is 0 Å². The highest BCUT2D eigenvalue weighted by molar-refractivity contribution is 5.94. The summed E-state index contributed by atoms with van der Waals surface area (Å²) in [6, 6.07) is 7.46. The van der Waals surface area contributed by atoms with Gasteiger partial charge in [-0.15, -0.1) is 0 Å². The van der Waals surface area contributed by atoms with Crippen molar-refractivity contribution in [3.63, 3.8) is 0 Å². The van der Waals surface area contributed by atoms with Gasteiger partial charge in [0.15, 0.2) is 0 Å². The lowest BCUT2D eigenvalue weighted by molar-refractivity contribution is -0.0730. The van der Waals surface area contributed by atoms with Crippen LogP contribution in [0, 0.1) is 5.92 Å². The second kappa shape index (κ2) is 7.87. The van der Waals surface area contributed by atoms with Crippen LogP contribution in [0.15, 0.2) is 24.3 Å². The zero-order valence-electron chi connectivity index (χ0n) is 15.0. The number of morpholine rings is 1. The van der Waals surface area contributed by atoms with Crippen LogP contribution in [0.3, 0.4) is 0 Å². The standard InChI is InChI=1S/C19H27N3O3/c1-13-11-22(12-17(25-13)15-6-7-15)19(24)21-9-8-14-4-3-5-16(10-14)18(23)20-2/h3-5,10,13,15,17H,6-9,11-12H2,1-2H3,(H,20,23)(H,21,24)/t13-,17-/m1/s1. The summed E-state index contributed by atoms with van der Waals surface area (Å²) < 4.78 is 5.95. The molecule has 25 heavy (non-hydrogen) atoms. The van der Waals surface area contributed by atoms with Gasteiger partial charge in [-0.25, -0.2) is 4.79 Å². The van der Waals surface area contributed by atoms with Gasteiger partial charge in [0.2, 0.25) is 0 Å². The van der Waals surface area contributed by atoms with Crippen molar-refractivity contribution in [2.75, 3.05) is 26.7 Å². The molecule has 0 aromatic heterocycles. The number of hydrogen-bond donors (Lipinski definition) is 2. The van der Waals surface area contributed by atoms with E-state index in [2.05, 4.69) is 10.6 Å². The van der Waals surface area contributed by atoms with E-state index in [1.54, 1.807) is 13.1 Å². The van der Waals surface area contributed by atoms with E-state index in [9.17, 15) is 9.59 Å². The smallest absolute Gasteiger partial charge is 0.317 e. The van der Waals surface area contributed by atoms with E-state index in [1.165, 1.54) is 12.8 Å². The molecule has 0 bridgehead atoms. The normalized spacial score (nSPS) is 23.2. The van der Waals surface area contributed by atoms with Crippen LogP contribution >= 0.6 is 0 Å². The van der Waals surface area contributed by atoms with Crippen LogP contribution in [0.5, 0.6) is 0 Å². The molecule has 2 aliphatic rings. The Morgan fingerprint density at radius 3 is 2.80 bits per heavy atom. The number of carbonyl (C=O) groups excluding carboxylic acids is 2. The first-order valence-corrected chi connectivity index (χ1v) is 9.06. The van der Waals surface area contributed by atoms with Crippen LogP contribution < -0.4 is 10.6 Å². The fourth-order valence-electron chi connectivity index (χ4n) is 3.32. The number of amides is 3. The van der Waals surface area contributed by atoms with Crippen LogP contribution in [0.1, 0.15) is 35.7 Å². The topological polar surface area (TPSA) is 70.7 Å². The van der Waals surface area contributed by atoms with Crippen LogP contribution in [-0.2, 0) is 11.2 Å². The summed E-state index contributed by atoms with van der Waals surface area (Å²) >= 11 is 0. The molecule has 1 saturated heterocycles. The molecule has 6 nitrogen and oxygen atoms in total. The summed E-state index contributed by atoms with van der Waals surface area (Å²) in [5.74, 6) is 0.532. The Kier molecular flexibility index (Phi) is 5.58. The molecular formula is C19H27N3O3. The quantitative estimate of drug-likeness (QED) is 0.855. The van der Waals surface area contributed by atoms with Crippen molar-refractivity contribution in [3.8, 4) is 0 Å². The molecule has 3 amide bonds. The first-order valence-electron chi connectivity index (χ1n) is 9.06. The lowest BCUT2D eigenvalue weighted by Gasteiger charge is -2.37. The van der Waals surface area contributed by atoms with Crippen molar-refractivity contribution in [3.05, 3.63) is 35.4 Å². The maximum absolute atomic E-state index is 12.4. The van der Waals surface area contributed by atoms with E-state index in [0.717, 1.165) is 5.56 Å². The summed E-state index contributed by atoms with van der Waals surface area (Å²) in [6.07, 6.45) is 3.42. The first-order chi connectivity index (χ1) is 12.1. The number of hydrogen-bond acceptors (Lipinski definition) is 3. The van der Waals surface area contributed by atoms with Gasteiger partial charge in [-0.1, -0.05) is 12.1 Å². The zero-order valence-corrected chi connectivity index (χ0v) is 15.0. The average molecular weight is 345 g/mol. The summed E-state index contributed by atoms with van der Waals surface area (Å²) in [6.45, 7) is 3.91. The number of benzene rings is 1. The van der Waals surface area contributed by atoms with Gasteiger partial charge >= 0.3 is 6.03 Å². The molecule has 0 spiro atoms. The van der Waals surface area contributed by atoms with Gasteiger partial charge in [-0.2, -0.15) is 0 Å². The fourth-order valence-corrected chi connectivity index (χ4v) is 3.32. The fraction of sp³-hybridized carbons (Fsp3) is 0.579. The van der Waals surface area contributed by atoms with Crippen LogP contribution in [0.4, 0.5) is 4.79 Å². The SMILES string of the molecule is CNC(=O)c1cccc(CCNC(=O)N2C[C@@H](C)O[C@@H](C3CC3)C2)c1. The third-order valence-electron chi connectivity index (χ3n) is 4.83. The molecule has 1 aliphatic carbocycles. The molecular weight excluding hydrogens is 318 g/mol. The molecule has 0 radical (unpaired) electrons. The molecule has 1 aliphatic heterocycles. The Bertz CT molecular complexity index is 630. The molecule has 1 heterocycles. The molecule has 2 N–H and O–H groups in total. The van der Waals surface area contributed by atoms with Crippen LogP contribution in [0.2, 0.25) is 0 Å². The molecule has 0 unspecified atom stereocenters. The minimum atomic E-state index is -0.0979. The van der Waals surface area contributed by atoms with E-state index in [0.29, 0.717) is 37.5 Å². The summed E-state index contributed by atoms with van der Waals surface area (Å²) in [5, 5.41) is 5.62. The van der Waals surface area contributed by atoms with Crippen molar-refractivity contribution in [2.24, 2.45) is 5.92 Å². The molecule has 3 rings (SSSR count). The predicted octanol–water partition coefficient (Wildman–Crippen LogP) is 1.80. The number of nitrogens with zero attached hydrogens (tertiary/aromatic N) is 1. The molecule has 2 fully saturated rings. The van der Waals surface area contributed by atoms with Gasteiger partial charge < -0.3 is 20.3 Å².